The predicted molar refractivity (Wildman–Crippen MR) is 68.4 cm³/mol. The lowest BCUT2D eigenvalue weighted by Gasteiger charge is -1.96. The molecule has 1 rings (SSSR count). The third-order valence-corrected chi connectivity index (χ3v) is 2.87. The fourth-order valence-electron chi connectivity index (χ4n) is 1.85. The van der Waals surface area contributed by atoms with Crippen LogP contribution in [0, 0.1) is 19.3 Å². The van der Waals surface area contributed by atoms with Crippen LogP contribution >= 0.6 is 0 Å². The van der Waals surface area contributed by atoms with Gasteiger partial charge in [0.15, 0.2) is 0 Å². The molecule has 0 saturated heterocycles. The fraction of sp³-hybridized carbons (Fsp3) is 0.600. The zero-order chi connectivity index (χ0) is 11.8. The van der Waals surface area contributed by atoms with Gasteiger partial charge in [0.2, 0.25) is 0 Å². The number of terminal acetylenes is 1. The summed E-state index contributed by atoms with van der Waals surface area (Å²) in [5.41, 5.74) is 1.36. The summed E-state index contributed by atoms with van der Waals surface area (Å²) in [6.45, 7) is 4.27. The molecule has 1 heteroatoms. The predicted octanol–water partition coefficient (Wildman–Crippen LogP) is 4.28. The molecule has 0 spiro atoms. The summed E-state index contributed by atoms with van der Waals surface area (Å²) in [5.74, 6) is 4.91. The molecule has 0 atom stereocenters. The SMILES string of the molecule is C#CCCCCc1cc(CCCC)oc1C. The van der Waals surface area contributed by atoms with Crippen molar-refractivity contribution in [3.63, 3.8) is 0 Å². The minimum atomic E-state index is 0.888. The molecule has 0 N–H and O–H groups in total. The molecule has 1 aromatic heterocycles. The molecule has 0 saturated carbocycles. The van der Waals surface area contributed by atoms with Crippen LogP contribution in [0.1, 0.15) is 56.1 Å². The summed E-state index contributed by atoms with van der Waals surface area (Å²) in [6, 6.07) is 2.22. The summed E-state index contributed by atoms with van der Waals surface area (Å²) in [7, 11) is 0. The molecule has 0 aliphatic rings. The normalized spacial score (nSPS) is 10.3. The summed E-state index contributed by atoms with van der Waals surface area (Å²) in [5, 5.41) is 0. The van der Waals surface area contributed by atoms with Crippen LogP contribution in [-0.2, 0) is 12.8 Å². The van der Waals surface area contributed by atoms with Crippen molar-refractivity contribution in [1.29, 1.82) is 0 Å². The molecular weight excluding hydrogens is 196 g/mol. The highest BCUT2D eigenvalue weighted by molar-refractivity contribution is 5.21. The topological polar surface area (TPSA) is 13.1 Å². The Morgan fingerprint density at radius 3 is 2.75 bits per heavy atom. The first-order valence-corrected chi connectivity index (χ1v) is 6.29. The van der Waals surface area contributed by atoms with Crippen LogP contribution in [0.2, 0.25) is 0 Å². The highest BCUT2D eigenvalue weighted by Crippen LogP contribution is 2.18. The maximum absolute atomic E-state index is 5.73. The van der Waals surface area contributed by atoms with Crippen LogP contribution in [-0.4, -0.2) is 0 Å². The Labute approximate surface area is 99.2 Å². The van der Waals surface area contributed by atoms with E-state index in [0.717, 1.165) is 43.6 Å². The summed E-state index contributed by atoms with van der Waals surface area (Å²) < 4.78 is 5.73. The zero-order valence-corrected chi connectivity index (χ0v) is 10.5. The van der Waals surface area contributed by atoms with Gasteiger partial charge in [-0.25, -0.2) is 0 Å². The first-order valence-electron chi connectivity index (χ1n) is 6.29. The molecule has 0 aromatic carbocycles. The molecule has 1 heterocycles. The minimum absolute atomic E-state index is 0.888. The van der Waals surface area contributed by atoms with Gasteiger partial charge in [0.05, 0.1) is 0 Å². The van der Waals surface area contributed by atoms with Gasteiger partial charge in [-0.1, -0.05) is 13.3 Å². The second kappa shape index (κ2) is 7.17. The van der Waals surface area contributed by atoms with E-state index >= 15 is 0 Å². The van der Waals surface area contributed by atoms with E-state index in [9.17, 15) is 0 Å². The number of aryl methyl sites for hydroxylation is 3. The van der Waals surface area contributed by atoms with E-state index in [1.54, 1.807) is 0 Å². The van der Waals surface area contributed by atoms with Gasteiger partial charge >= 0.3 is 0 Å². The second-order valence-corrected chi connectivity index (χ2v) is 4.31. The Hall–Kier alpha value is -1.16. The van der Waals surface area contributed by atoms with E-state index in [-0.39, 0.29) is 0 Å². The Morgan fingerprint density at radius 2 is 2.06 bits per heavy atom. The number of unbranched alkanes of at least 4 members (excludes halogenated alkanes) is 3. The van der Waals surface area contributed by atoms with Gasteiger partial charge < -0.3 is 4.42 Å². The second-order valence-electron chi connectivity index (χ2n) is 4.31. The number of hydrogen-bond donors (Lipinski definition) is 0. The highest BCUT2D eigenvalue weighted by Gasteiger charge is 2.06. The molecule has 0 amide bonds. The number of furan rings is 1. The van der Waals surface area contributed by atoms with E-state index < -0.39 is 0 Å². The molecule has 88 valence electrons. The van der Waals surface area contributed by atoms with Crippen molar-refractivity contribution in [2.75, 3.05) is 0 Å². The number of rotatable bonds is 7. The first kappa shape index (κ1) is 12.9. The van der Waals surface area contributed by atoms with Crippen LogP contribution in [0.3, 0.4) is 0 Å². The molecule has 0 aliphatic carbocycles. The Bertz CT molecular complexity index is 341. The monoisotopic (exact) mass is 218 g/mol. The van der Waals surface area contributed by atoms with E-state index in [2.05, 4.69) is 25.8 Å². The molecule has 0 aliphatic heterocycles. The summed E-state index contributed by atoms with van der Waals surface area (Å²) in [4.78, 5) is 0. The molecule has 0 unspecified atom stereocenters. The summed E-state index contributed by atoms with van der Waals surface area (Å²) >= 11 is 0. The van der Waals surface area contributed by atoms with Crippen LogP contribution in [0.4, 0.5) is 0 Å². The van der Waals surface area contributed by atoms with Crippen molar-refractivity contribution in [1.82, 2.24) is 0 Å². The van der Waals surface area contributed by atoms with Crippen LogP contribution in [0.15, 0.2) is 10.5 Å². The third-order valence-electron chi connectivity index (χ3n) is 2.87. The third kappa shape index (κ3) is 4.14. The molecule has 1 aromatic rings. The van der Waals surface area contributed by atoms with E-state index in [1.807, 2.05) is 0 Å². The standard InChI is InChI=1S/C15H22O/c1-4-6-8-9-10-14-12-15(11-7-5-2)16-13(14)3/h1,12H,5-11H2,2-3H3. The van der Waals surface area contributed by atoms with Crippen molar-refractivity contribution in [3.05, 3.63) is 23.2 Å². The van der Waals surface area contributed by atoms with E-state index in [1.165, 1.54) is 18.4 Å². The van der Waals surface area contributed by atoms with Crippen LogP contribution < -0.4 is 0 Å². The maximum Gasteiger partial charge on any atom is 0.104 e. The van der Waals surface area contributed by atoms with E-state index in [0.29, 0.717) is 0 Å². The average Bonchev–Trinajstić information content (AvgIpc) is 2.63. The minimum Gasteiger partial charge on any atom is -0.466 e. The molecule has 1 nitrogen and oxygen atoms in total. The van der Waals surface area contributed by atoms with Crippen LogP contribution in [0.25, 0.3) is 0 Å². The maximum atomic E-state index is 5.73. The van der Waals surface area contributed by atoms with Crippen molar-refractivity contribution in [2.45, 2.75) is 58.8 Å². The van der Waals surface area contributed by atoms with Gasteiger partial charge in [-0.15, -0.1) is 12.3 Å². The molecule has 16 heavy (non-hydrogen) atoms. The average molecular weight is 218 g/mol. The number of hydrogen-bond acceptors (Lipinski definition) is 1. The van der Waals surface area contributed by atoms with Gasteiger partial charge in [0, 0.05) is 12.8 Å². The first-order chi connectivity index (χ1) is 7.77. The van der Waals surface area contributed by atoms with Gasteiger partial charge in [-0.05, 0) is 44.2 Å². The summed E-state index contributed by atoms with van der Waals surface area (Å²) in [6.07, 6.45) is 13.0. The van der Waals surface area contributed by atoms with Gasteiger partial charge in [0.1, 0.15) is 11.5 Å². The van der Waals surface area contributed by atoms with Crippen molar-refractivity contribution in [3.8, 4) is 12.3 Å². The Morgan fingerprint density at radius 1 is 1.25 bits per heavy atom. The van der Waals surface area contributed by atoms with Crippen molar-refractivity contribution < 1.29 is 4.42 Å². The van der Waals surface area contributed by atoms with Gasteiger partial charge in [-0.2, -0.15) is 0 Å². The quantitative estimate of drug-likeness (QED) is 0.492. The fourth-order valence-corrected chi connectivity index (χ4v) is 1.85. The molecular formula is C15H22O. The molecule has 0 radical (unpaired) electrons. The zero-order valence-electron chi connectivity index (χ0n) is 10.5. The lowest BCUT2D eigenvalue weighted by molar-refractivity contribution is 0.473. The van der Waals surface area contributed by atoms with Crippen molar-refractivity contribution in [2.24, 2.45) is 0 Å². The largest absolute Gasteiger partial charge is 0.466 e. The Balaban J connectivity index is 2.41. The van der Waals surface area contributed by atoms with E-state index in [4.69, 9.17) is 10.8 Å². The van der Waals surface area contributed by atoms with Gasteiger partial charge in [0.25, 0.3) is 0 Å². The highest BCUT2D eigenvalue weighted by atomic mass is 16.3. The molecule has 0 bridgehead atoms. The lowest BCUT2D eigenvalue weighted by atomic mass is 10.1. The Kier molecular flexibility index (Phi) is 5.78. The van der Waals surface area contributed by atoms with Crippen LogP contribution in [0.5, 0.6) is 0 Å². The van der Waals surface area contributed by atoms with Crippen molar-refractivity contribution >= 4 is 0 Å². The van der Waals surface area contributed by atoms with Gasteiger partial charge in [-0.3, -0.25) is 0 Å². The lowest BCUT2D eigenvalue weighted by Crippen LogP contribution is -1.85. The smallest absolute Gasteiger partial charge is 0.104 e. The molecule has 0 fully saturated rings.